The van der Waals surface area contributed by atoms with E-state index in [1.807, 2.05) is 34.7 Å². The summed E-state index contributed by atoms with van der Waals surface area (Å²) in [7, 11) is 1.82. The quantitative estimate of drug-likeness (QED) is 0.663. The molecule has 0 aliphatic carbocycles. The van der Waals surface area contributed by atoms with E-state index in [4.69, 9.17) is 9.84 Å². The van der Waals surface area contributed by atoms with Crippen molar-refractivity contribution >= 4 is 0 Å². The molecule has 0 aromatic rings. The van der Waals surface area contributed by atoms with Crippen molar-refractivity contribution in [3.8, 4) is 0 Å². The van der Waals surface area contributed by atoms with Gasteiger partial charge in [0.05, 0.1) is 24.4 Å². The van der Waals surface area contributed by atoms with Crippen LogP contribution in [0.5, 0.6) is 0 Å². The highest BCUT2D eigenvalue weighted by atomic mass is 16.5. The van der Waals surface area contributed by atoms with Crippen LogP contribution in [0.1, 0.15) is 27.7 Å². The summed E-state index contributed by atoms with van der Waals surface area (Å²) >= 11 is 0. The molecule has 12 heavy (non-hydrogen) atoms. The van der Waals surface area contributed by atoms with Gasteiger partial charge >= 0.3 is 0 Å². The van der Waals surface area contributed by atoms with Crippen LogP contribution in [0, 0.1) is 0 Å². The Bertz CT molecular complexity index is 116. The molecular weight excluding hydrogens is 154 g/mol. The van der Waals surface area contributed by atoms with E-state index in [1.165, 1.54) is 0 Å². The highest BCUT2D eigenvalue weighted by molar-refractivity contribution is 4.74. The van der Waals surface area contributed by atoms with E-state index < -0.39 is 0 Å². The molecule has 0 saturated heterocycles. The van der Waals surface area contributed by atoms with Gasteiger partial charge in [-0.15, -0.1) is 0 Å². The molecule has 0 bridgehead atoms. The van der Waals surface area contributed by atoms with Gasteiger partial charge in [0.2, 0.25) is 0 Å². The van der Waals surface area contributed by atoms with Gasteiger partial charge in [-0.25, -0.2) is 0 Å². The Kier molecular flexibility index (Phi) is 4.75. The lowest BCUT2D eigenvalue weighted by atomic mass is 10.1. The summed E-state index contributed by atoms with van der Waals surface area (Å²) in [5, 5.41) is 11.9. The molecule has 1 unspecified atom stereocenters. The third-order valence-electron chi connectivity index (χ3n) is 1.67. The number of hydrogen-bond donors (Lipinski definition) is 2. The lowest BCUT2D eigenvalue weighted by molar-refractivity contribution is -0.0716. The predicted molar refractivity (Wildman–Crippen MR) is 50.2 cm³/mol. The Morgan fingerprint density at radius 3 is 2.17 bits per heavy atom. The molecule has 74 valence electrons. The predicted octanol–water partition coefficient (Wildman–Crippen LogP) is 0.770. The molecule has 0 rings (SSSR count). The van der Waals surface area contributed by atoms with Crippen LogP contribution in [-0.4, -0.2) is 36.5 Å². The Hall–Kier alpha value is -0.120. The average Bonchev–Trinajstić information content (AvgIpc) is 1.85. The molecule has 0 radical (unpaired) electrons. The molecule has 0 fully saturated rings. The first-order valence-corrected chi connectivity index (χ1v) is 4.36. The van der Waals surface area contributed by atoms with Crippen LogP contribution < -0.4 is 5.32 Å². The number of nitrogens with one attached hydrogen (secondary N) is 1. The SMILES string of the molecule is CN[C@H](CO)C(C)OC(C)(C)C. The molecule has 3 nitrogen and oxygen atoms in total. The maximum absolute atomic E-state index is 8.95. The number of ether oxygens (including phenoxy) is 1. The number of rotatable bonds is 4. The average molecular weight is 175 g/mol. The van der Waals surface area contributed by atoms with Gasteiger partial charge in [-0.2, -0.15) is 0 Å². The minimum atomic E-state index is -0.149. The van der Waals surface area contributed by atoms with Crippen LogP contribution in [-0.2, 0) is 4.74 Å². The molecule has 0 heterocycles. The van der Waals surface area contributed by atoms with Crippen molar-refractivity contribution in [2.24, 2.45) is 0 Å². The molecular formula is C9H21NO2. The molecule has 0 amide bonds. The van der Waals surface area contributed by atoms with Gasteiger partial charge in [-0.05, 0) is 34.7 Å². The zero-order chi connectivity index (χ0) is 9.78. The summed E-state index contributed by atoms with van der Waals surface area (Å²) in [6.07, 6.45) is 0.0278. The van der Waals surface area contributed by atoms with E-state index in [0.29, 0.717) is 0 Å². The largest absolute Gasteiger partial charge is 0.395 e. The first kappa shape index (κ1) is 11.9. The first-order chi connectivity index (χ1) is 5.40. The molecule has 0 aliphatic rings. The fraction of sp³-hybridized carbons (Fsp3) is 1.00. The van der Waals surface area contributed by atoms with Crippen molar-refractivity contribution in [2.75, 3.05) is 13.7 Å². The van der Waals surface area contributed by atoms with Gasteiger partial charge in [0, 0.05) is 0 Å². The van der Waals surface area contributed by atoms with Crippen molar-refractivity contribution in [1.82, 2.24) is 5.32 Å². The summed E-state index contributed by atoms with van der Waals surface area (Å²) in [6.45, 7) is 8.09. The van der Waals surface area contributed by atoms with E-state index >= 15 is 0 Å². The highest BCUT2D eigenvalue weighted by Gasteiger charge is 2.21. The summed E-state index contributed by atoms with van der Waals surface area (Å²) in [6, 6.07) is 0.0178. The summed E-state index contributed by atoms with van der Waals surface area (Å²) in [5.74, 6) is 0. The summed E-state index contributed by atoms with van der Waals surface area (Å²) < 4.78 is 5.66. The fourth-order valence-corrected chi connectivity index (χ4v) is 1.11. The van der Waals surface area contributed by atoms with Crippen LogP contribution in [0.4, 0.5) is 0 Å². The standard InChI is InChI=1S/C9H21NO2/c1-7(8(6-11)10-5)12-9(2,3)4/h7-8,10-11H,6H2,1-5H3/t7?,8-/m1/s1. The van der Waals surface area contributed by atoms with E-state index in [0.717, 1.165) is 0 Å². The van der Waals surface area contributed by atoms with E-state index in [1.54, 1.807) is 0 Å². The Labute approximate surface area is 75.1 Å². The third-order valence-corrected chi connectivity index (χ3v) is 1.67. The highest BCUT2D eigenvalue weighted by Crippen LogP contribution is 2.12. The summed E-state index contributed by atoms with van der Waals surface area (Å²) in [4.78, 5) is 0. The zero-order valence-corrected chi connectivity index (χ0v) is 8.72. The van der Waals surface area contributed by atoms with E-state index in [-0.39, 0.29) is 24.4 Å². The molecule has 0 spiro atoms. The maximum atomic E-state index is 8.95. The third kappa shape index (κ3) is 4.70. The van der Waals surface area contributed by atoms with Gasteiger partial charge in [0.15, 0.2) is 0 Å². The van der Waals surface area contributed by atoms with Crippen LogP contribution >= 0.6 is 0 Å². The lowest BCUT2D eigenvalue weighted by Crippen LogP contribution is -2.43. The Morgan fingerprint density at radius 1 is 1.42 bits per heavy atom. The van der Waals surface area contributed by atoms with Crippen molar-refractivity contribution in [3.05, 3.63) is 0 Å². The van der Waals surface area contributed by atoms with Crippen molar-refractivity contribution < 1.29 is 9.84 Å². The Morgan fingerprint density at radius 2 is 1.92 bits per heavy atom. The van der Waals surface area contributed by atoms with Gasteiger partial charge in [-0.1, -0.05) is 0 Å². The van der Waals surface area contributed by atoms with Crippen LogP contribution in [0.15, 0.2) is 0 Å². The zero-order valence-electron chi connectivity index (χ0n) is 8.72. The molecule has 0 aromatic carbocycles. The van der Waals surface area contributed by atoms with Gasteiger partial charge in [0.1, 0.15) is 0 Å². The molecule has 0 saturated carbocycles. The second-order valence-corrected chi connectivity index (χ2v) is 4.01. The Balaban J connectivity index is 3.92. The number of aliphatic hydroxyl groups is 1. The van der Waals surface area contributed by atoms with Crippen molar-refractivity contribution in [1.29, 1.82) is 0 Å². The fourth-order valence-electron chi connectivity index (χ4n) is 1.11. The first-order valence-electron chi connectivity index (χ1n) is 4.36. The molecule has 2 atom stereocenters. The number of likely N-dealkylation sites (N-methyl/N-ethyl adjacent to an activating group) is 1. The topological polar surface area (TPSA) is 41.5 Å². The van der Waals surface area contributed by atoms with Crippen LogP contribution in [0.2, 0.25) is 0 Å². The lowest BCUT2D eigenvalue weighted by Gasteiger charge is -2.29. The van der Waals surface area contributed by atoms with Gasteiger partial charge in [-0.3, -0.25) is 0 Å². The normalized spacial score (nSPS) is 17.5. The van der Waals surface area contributed by atoms with Gasteiger partial charge in [0.25, 0.3) is 0 Å². The van der Waals surface area contributed by atoms with Crippen LogP contribution in [0.25, 0.3) is 0 Å². The van der Waals surface area contributed by atoms with E-state index in [2.05, 4.69) is 5.32 Å². The van der Waals surface area contributed by atoms with Gasteiger partial charge < -0.3 is 15.2 Å². The minimum Gasteiger partial charge on any atom is -0.395 e. The molecule has 0 aliphatic heterocycles. The minimum absolute atomic E-state index is 0.0178. The monoisotopic (exact) mass is 175 g/mol. The van der Waals surface area contributed by atoms with Crippen molar-refractivity contribution in [3.63, 3.8) is 0 Å². The second kappa shape index (κ2) is 4.80. The van der Waals surface area contributed by atoms with Crippen molar-refractivity contribution in [2.45, 2.75) is 45.4 Å². The summed E-state index contributed by atoms with van der Waals surface area (Å²) in [5.41, 5.74) is -0.149. The maximum Gasteiger partial charge on any atom is 0.0729 e. The molecule has 2 N–H and O–H groups in total. The number of hydrogen-bond acceptors (Lipinski definition) is 3. The van der Waals surface area contributed by atoms with E-state index in [9.17, 15) is 0 Å². The van der Waals surface area contributed by atoms with Crippen LogP contribution in [0.3, 0.4) is 0 Å². The molecule has 0 aromatic heterocycles. The molecule has 3 heteroatoms. The number of aliphatic hydroxyl groups excluding tert-OH is 1. The second-order valence-electron chi connectivity index (χ2n) is 4.01. The smallest absolute Gasteiger partial charge is 0.0729 e.